The number of nitrogens with zero attached hydrogens (tertiary/aromatic N) is 4. The Morgan fingerprint density at radius 3 is 2.57 bits per heavy atom. The van der Waals surface area contributed by atoms with E-state index in [-0.39, 0.29) is 8.45 Å². The summed E-state index contributed by atoms with van der Waals surface area (Å²) in [6, 6.07) is 12.1. The molecule has 1 aromatic carbocycles. The second-order valence-electron chi connectivity index (χ2n) is 10.0. The van der Waals surface area contributed by atoms with Crippen molar-refractivity contribution in [2.24, 2.45) is 11.8 Å². The number of hydrogen-bond donors (Lipinski definition) is 2. The lowest BCUT2D eigenvalue weighted by atomic mass is 9.88. The highest BCUT2D eigenvalue weighted by Gasteiger charge is 2.54. The Balaban J connectivity index is 0.00000160. The van der Waals surface area contributed by atoms with Gasteiger partial charge in [-0.1, -0.05) is 12.1 Å². The molecule has 3 heterocycles. The number of rotatable bonds is 10. The quantitative estimate of drug-likeness (QED) is 0.379. The van der Waals surface area contributed by atoms with Crippen LogP contribution in [0.5, 0.6) is 0 Å². The van der Waals surface area contributed by atoms with Gasteiger partial charge in [0, 0.05) is 45.0 Å². The van der Waals surface area contributed by atoms with Crippen molar-refractivity contribution in [2.45, 2.75) is 54.7 Å². The summed E-state index contributed by atoms with van der Waals surface area (Å²) >= 11 is 1.52. The number of aryl methyl sites for hydroxylation is 1. The van der Waals surface area contributed by atoms with Crippen LogP contribution in [0, 0.1) is 18.8 Å². The number of ether oxygens (including phenoxy) is 1. The molecule has 3 fully saturated rings. The third-order valence-corrected chi connectivity index (χ3v) is 8.04. The van der Waals surface area contributed by atoms with Gasteiger partial charge >= 0.3 is 0 Å². The zero-order valence-electron chi connectivity index (χ0n) is 20.1. The molecule has 6 rings (SSSR count). The van der Waals surface area contributed by atoms with E-state index in [1.54, 1.807) is 0 Å². The van der Waals surface area contributed by atoms with Crippen LogP contribution in [0.3, 0.4) is 0 Å². The van der Waals surface area contributed by atoms with Crippen molar-refractivity contribution in [1.82, 2.24) is 20.2 Å². The summed E-state index contributed by atoms with van der Waals surface area (Å²) < 4.78 is 5.92. The van der Waals surface area contributed by atoms with E-state index in [9.17, 15) is 4.79 Å². The molecule has 2 saturated carbocycles. The number of carbonyl (C=O) groups is 1. The van der Waals surface area contributed by atoms with Gasteiger partial charge in [0.05, 0.1) is 13.1 Å². The molecule has 186 valence electrons. The lowest BCUT2D eigenvalue weighted by molar-refractivity contribution is -0.119. The van der Waals surface area contributed by atoms with Gasteiger partial charge < -0.3 is 15.0 Å². The molecule has 0 radical (unpaired) electrons. The molecular formula is C26H34N6O2S. The van der Waals surface area contributed by atoms with E-state index in [0.717, 1.165) is 53.7 Å². The van der Waals surface area contributed by atoms with E-state index in [4.69, 9.17) is 14.7 Å². The van der Waals surface area contributed by atoms with Gasteiger partial charge in [-0.2, -0.15) is 5.10 Å². The van der Waals surface area contributed by atoms with Crippen LogP contribution < -0.4 is 10.2 Å². The number of carbonyl (C=O) groups excluding carboxylic acids is 1. The van der Waals surface area contributed by atoms with Gasteiger partial charge in [-0.15, -0.1) is 0 Å². The molecule has 1 saturated heterocycles. The summed E-state index contributed by atoms with van der Waals surface area (Å²) in [6.45, 7) is 3.66. The summed E-state index contributed by atoms with van der Waals surface area (Å²) in [5, 5.41) is 11.2. The molecule has 2 N–H and O–H groups in total. The van der Waals surface area contributed by atoms with Gasteiger partial charge in [-0.05, 0) is 68.0 Å². The molecule has 35 heavy (non-hydrogen) atoms. The zero-order chi connectivity index (χ0) is 24.0. The lowest BCUT2D eigenvalue weighted by Gasteiger charge is -2.50. The van der Waals surface area contributed by atoms with E-state index in [0.29, 0.717) is 35.0 Å². The summed E-state index contributed by atoms with van der Waals surface area (Å²) in [5.74, 6) is 3.63. The molecule has 0 bridgehead atoms. The van der Waals surface area contributed by atoms with E-state index < -0.39 is 0 Å². The largest absolute Gasteiger partial charge is 0.374 e. The minimum atomic E-state index is -0.0428. The van der Waals surface area contributed by atoms with Crippen molar-refractivity contribution >= 4 is 35.0 Å². The van der Waals surface area contributed by atoms with Gasteiger partial charge in [0.15, 0.2) is 11.0 Å². The predicted molar refractivity (Wildman–Crippen MR) is 140 cm³/mol. The van der Waals surface area contributed by atoms with Crippen LogP contribution in [0.2, 0.25) is 0 Å². The Kier molecular flexibility index (Phi) is 5.76. The Morgan fingerprint density at radius 1 is 1.17 bits per heavy atom. The molecule has 0 unspecified atom stereocenters. The number of methoxy groups -OCH3 is 1. The van der Waals surface area contributed by atoms with E-state index in [2.05, 4.69) is 20.4 Å². The van der Waals surface area contributed by atoms with E-state index >= 15 is 0 Å². The van der Waals surface area contributed by atoms with Crippen molar-refractivity contribution in [3.63, 3.8) is 0 Å². The molecule has 0 amide bonds. The number of benzene rings is 1. The van der Waals surface area contributed by atoms with Crippen LogP contribution in [0.15, 0.2) is 46.5 Å². The normalized spacial score (nSPS) is 18.9. The van der Waals surface area contributed by atoms with Crippen molar-refractivity contribution in [2.75, 3.05) is 30.4 Å². The predicted octanol–water partition coefficient (Wildman–Crippen LogP) is 5.03. The number of Topliss-reactive ketones (excluding diaryl/α,β-unsaturated/α-hetero) is 1. The fourth-order valence-corrected chi connectivity index (χ4v) is 5.52. The fraction of sp³-hybridized carbons (Fsp3) is 0.462. The maximum absolute atomic E-state index is 12.1. The number of nitrogens with one attached hydrogen (secondary N) is 2. The smallest absolute Gasteiger partial charge is 0.196 e. The van der Waals surface area contributed by atoms with Crippen molar-refractivity contribution in [3.05, 3.63) is 47.7 Å². The zero-order valence-corrected chi connectivity index (χ0v) is 20.9. The highest BCUT2D eigenvalue weighted by atomic mass is 32.2. The number of hydrogen-bond acceptors (Lipinski definition) is 8. The van der Waals surface area contributed by atoms with E-state index in [1.165, 1.54) is 24.6 Å². The number of aromatic nitrogens is 4. The van der Waals surface area contributed by atoms with Gasteiger partial charge in [0.2, 0.25) is 0 Å². The minimum absolute atomic E-state index is 0. The molecule has 3 aliphatic rings. The molecular weight excluding hydrogens is 460 g/mol. The monoisotopic (exact) mass is 494 g/mol. The third kappa shape index (κ3) is 4.92. The lowest BCUT2D eigenvalue weighted by Crippen LogP contribution is -2.64. The number of ketones is 1. The van der Waals surface area contributed by atoms with Crippen molar-refractivity contribution in [1.29, 1.82) is 0 Å². The standard InChI is InChI=1S/C26H30N6O2S.2H2/c1-16-11-23(31-30-16)27-22-13-24(32-14-26(15-32,34-2)19-7-8-19)29-25(28-22)35-20-9-3-17(4-10-20)12-21(33)18-5-6-18;;/h3-4,9-11,13,18-19H,5-8,12,14-15H2,1-2H3,(H2,27,28,29,30,31);2*1H. The first-order valence-corrected chi connectivity index (χ1v) is 13.1. The molecule has 2 aromatic heterocycles. The highest BCUT2D eigenvalue weighted by molar-refractivity contribution is 7.99. The number of aromatic amines is 1. The van der Waals surface area contributed by atoms with Gasteiger partial charge in [0.25, 0.3) is 0 Å². The maximum atomic E-state index is 12.1. The first-order chi connectivity index (χ1) is 17.0. The highest BCUT2D eigenvalue weighted by Crippen LogP contribution is 2.47. The topological polar surface area (TPSA) is 96.0 Å². The molecule has 1 aliphatic heterocycles. The average Bonchev–Trinajstić information content (AvgIpc) is 3.73. The van der Waals surface area contributed by atoms with Crippen LogP contribution in [-0.2, 0) is 16.0 Å². The maximum Gasteiger partial charge on any atom is 0.196 e. The van der Waals surface area contributed by atoms with Crippen LogP contribution in [0.4, 0.5) is 17.5 Å². The number of anilines is 3. The molecule has 8 nitrogen and oxygen atoms in total. The molecule has 3 aromatic rings. The molecule has 0 spiro atoms. The van der Waals surface area contributed by atoms with Gasteiger partial charge in [-0.25, -0.2) is 9.97 Å². The first kappa shape index (κ1) is 22.5. The van der Waals surface area contributed by atoms with Crippen LogP contribution in [0.1, 0.15) is 39.8 Å². The second-order valence-corrected chi connectivity index (χ2v) is 11.1. The third-order valence-electron chi connectivity index (χ3n) is 7.17. The first-order valence-electron chi connectivity index (χ1n) is 12.3. The Bertz CT molecular complexity index is 1240. The Morgan fingerprint density at radius 2 is 1.94 bits per heavy atom. The average molecular weight is 495 g/mol. The molecule has 9 heteroatoms. The number of H-pyrrole nitrogens is 1. The summed E-state index contributed by atoms with van der Waals surface area (Å²) in [4.78, 5) is 25.1. The van der Waals surface area contributed by atoms with Crippen LogP contribution in [-0.4, -0.2) is 51.7 Å². The minimum Gasteiger partial charge on any atom is -0.374 e. The van der Waals surface area contributed by atoms with Gasteiger partial charge in [0.1, 0.15) is 23.0 Å². The molecule has 2 aliphatic carbocycles. The Labute approximate surface area is 212 Å². The summed E-state index contributed by atoms with van der Waals surface area (Å²) in [7, 11) is 1.83. The SMILES string of the molecule is COC1(C2CC2)CN(c2cc(Nc3cc(C)[nH]n3)nc(Sc3ccc(CC(=O)C4CC4)cc3)n2)C1.[HH].[HH]. The summed E-state index contributed by atoms with van der Waals surface area (Å²) in [6.07, 6.45) is 5.13. The molecule has 0 atom stereocenters. The second kappa shape index (κ2) is 8.95. The summed E-state index contributed by atoms with van der Waals surface area (Å²) in [5.41, 5.74) is 2.00. The van der Waals surface area contributed by atoms with Crippen molar-refractivity contribution < 1.29 is 12.4 Å². The van der Waals surface area contributed by atoms with Crippen molar-refractivity contribution in [3.8, 4) is 0 Å². The van der Waals surface area contributed by atoms with Crippen LogP contribution >= 0.6 is 11.8 Å². The Hall–Kier alpha value is -2.91. The van der Waals surface area contributed by atoms with Crippen LogP contribution in [0.25, 0.3) is 0 Å². The fourth-order valence-electron chi connectivity index (χ4n) is 4.75. The van der Waals surface area contributed by atoms with E-state index in [1.807, 2.05) is 50.4 Å². The van der Waals surface area contributed by atoms with Gasteiger partial charge in [-0.3, -0.25) is 9.89 Å².